The molecule has 25 heavy (non-hydrogen) atoms. The lowest BCUT2D eigenvalue weighted by molar-refractivity contribution is -0.132. The van der Waals surface area contributed by atoms with Gasteiger partial charge in [0.2, 0.25) is 11.8 Å². The third kappa shape index (κ3) is 4.00. The number of methoxy groups -OCH3 is 1. The number of benzene rings is 1. The van der Waals surface area contributed by atoms with Crippen molar-refractivity contribution in [2.24, 2.45) is 0 Å². The molecule has 0 N–H and O–H groups in total. The van der Waals surface area contributed by atoms with Crippen LogP contribution in [0, 0.1) is 0 Å². The van der Waals surface area contributed by atoms with Crippen molar-refractivity contribution in [3.05, 3.63) is 41.5 Å². The maximum atomic E-state index is 12.7. The highest BCUT2D eigenvalue weighted by Gasteiger charge is 2.29. The monoisotopic (exact) mass is 343 g/mol. The predicted octanol–water partition coefficient (Wildman–Crippen LogP) is 3.50. The van der Waals surface area contributed by atoms with Crippen molar-refractivity contribution < 1.29 is 14.1 Å². The number of likely N-dealkylation sites (tertiary alicyclic amines) is 1. The number of carbonyl (C=O) groups is 1. The van der Waals surface area contributed by atoms with E-state index in [1.165, 1.54) is 0 Å². The highest BCUT2D eigenvalue weighted by molar-refractivity contribution is 5.77. The first-order valence-electron chi connectivity index (χ1n) is 8.84. The van der Waals surface area contributed by atoms with Gasteiger partial charge in [0.1, 0.15) is 5.75 Å². The number of ether oxygens (including phenoxy) is 1. The van der Waals surface area contributed by atoms with Gasteiger partial charge in [-0.15, -0.1) is 0 Å². The van der Waals surface area contributed by atoms with Crippen molar-refractivity contribution in [1.29, 1.82) is 0 Å². The average molecular weight is 343 g/mol. The molecule has 3 rings (SSSR count). The van der Waals surface area contributed by atoms with Gasteiger partial charge in [-0.3, -0.25) is 4.79 Å². The van der Waals surface area contributed by atoms with Gasteiger partial charge < -0.3 is 14.2 Å². The SMILES string of the molecule is COc1ccc([C@@H]2CCCN2C(=O)CCc2nc(C(C)C)no2)cc1. The molecule has 0 radical (unpaired) electrons. The van der Waals surface area contributed by atoms with E-state index in [0.717, 1.165) is 30.7 Å². The lowest BCUT2D eigenvalue weighted by Crippen LogP contribution is -2.30. The summed E-state index contributed by atoms with van der Waals surface area (Å²) in [5.74, 6) is 2.43. The summed E-state index contributed by atoms with van der Waals surface area (Å²) in [6.07, 6.45) is 2.91. The van der Waals surface area contributed by atoms with Crippen LogP contribution in [0.4, 0.5) is 0 Å². The van der Waals surface area contributed by atoms with Gasteiger partial charge in [0.25, 0.3) is 0 Å². The molecule has 0 bridgehead atoms. The number of carbonyl (C=O) groups excluding carboxylic acids is 1. The molecule has 1 saturated heterocycles. The Hall–Kier alpha value is -2.37. The zero-order valence-electron chi connectivity index (χ0n) is 15.1. The third-order valence-corrected chi connectivity index (χ3v) is 4.63. The van der Waals surface area contributed by atoms with Crippen molar-refractivity contribution in [3.8, 4) is 5.75 Å². The third-order valence-electron chi connectivity index (χ3n) is 4.63. The van der Waals surface area contributed by atoms with Crippen LogP contribution in [0.15, 0.2) is 28.8 Å². The summed E-state index contributed by atoms with van der Waals surface area (Å²) in [7, 11) is 1.66. The summed E-state index contributed by atoms with van der Waals surface area (Å²) in [4.78, 5) is 19.0. The van der Waals surface area contributed by atoms with Gasteiger partial charge in [0.15, 0.2) is 5.82 Å². The minimum Gasteiger partial charge on any atom is -0.497 e. The smallest absolute Gasteiger partial charge is 0.227 e. The Labute approximate surface area is 148 Å². The first-order chi connectivity index (χ1) is 12.1. The summed E-state index contributed by atoms with van der Waals surface area (Å²) in [5, 5.41) is 3.95. The molecule has 0 spiro atoms. The molecule has 1 atom stereocenters. The Kier molecular flexibility index (Phi) is 5.36. The number of nitrogens with zero attached hydrogens (tertiary/aromatic N) is 3. The fourth-order valence-corrected chi connectivity index (χ4v) is 3.20. The highest BCUT2D eigenvalue weighted by Crippen LogP contribution is 2.33. The minimum atomic E-state index is 0.141. The lowest BCUT2D eigenvalue weighted by Gasteiger charge is -2.25. The second-order valence-electron chi connectivity index (χ2n) is 6.72. The fourth-order valence-electron chi connectivity index (χ4n) is 3.20. The average Bonchev–Trinajstić information content (AvgIpc) is 3.29. The molecule has 6 nitrogen and oxygen atoms in total. The van der Waals surface area contributed by atoms with Crippen LogP contribution in [0.1, 0.15) is 62.3 Å². The van der Waals surface area contributed by atoms with Crippen molar-refractivity contribution in [2.75, 3.05) is 13.7 Å². The molecule has 0 saturated carbocycles. The molecule has 2 heterocycles. The normalized spacial score (nSPS) is 17.3. The van der Waals surface area contributed by atoms with E-state index >= 15 is 0 Å². The molecular formula is C19H25N3O3. The van der Waals surface area contributed by atoms with Crippen molar-refractivity contribution in [1.82, 2.24) is 15.0 Å². The van der Waals surface area contributed by atoms with Crippen LogP contribution >= 0.6 is 0 Å². The lowest BCUT2D eigenvalue weighted by atomic mass is 10.0. The van der Waals surface area contributed by atoms with Crippen LogP contribution < -0.4 is 4.74 Å². The standard InChI is InChI=1S/C19H25N3O3/c1-13(2)19-20-17(25-21-19)10-11-18(23)22-12-4-5-16(22)14-6-8-15(24-3)9-7-14/h6-9,13,16H,4-5,10-12H2,1-3H3/t16-/m0/s1. The second-order valence-corrected chi connectivity index (χ2v) is 6.72. The molecule has 1 aliphatic rings. The summed E-state index contributed by atoms with van der Waals surface area (Å²) in [6.45, 7) is 4.84. The maximum absolute atomic E-state index is 12.7. The summed E-state index contributed by atoms with van der Waals surface area (Å²) in [5.41, 5.74) is 1.16. The van der Waals surface area contributed by atoms with E-state index in [9.17, 15) is 4.79 Å². The van der Waals surface area contributed by atoms with Crippen molar-refractivity contribution in [2.45, 2.75) is 51.5 Å². The van der Waals surface area contributed by atoms with E-state index in [1.807, 2.05) is 43.0 Å². The molecule has 2 aromatic rings. The number of hydrogen-bond acceptors (Lipinski definition) is 5. The van der Waals surface area contributed by atoms with Crippen LogP contribution in [0.2, 0.25) is 0 Å². The Morgan fingerprint density at radius 1 is 1.36 bits per heavy atom. The zero-order valence-corrected chi connectivity index (χ0v) is 15.1. The van der Waals surface area contributed by atoms with Crippen molar-refractivity contribution in [3.63, 3.8) is 0 Å². The van der Waals surface area contributed by atoms with Crippen LogP contribution in [0.25, 0.3) is 0 Å². The summed E-state index contributed by atoms with van der Waals surface area (Å²) < 4.78 is 10.4. The Morgan fingerprint density at radius 2 is 2.12 bits per heavy atom. The summed E-state index contributed by atoms with van der Waals surface area (Å²) in [6, 6.07) is 8.13. The van der Waals surface area contributed by atoms with E-state index in [1.54, 1.807) is 7.11 Å². The number of amides is 1. The summed E-state index contributed by atoms with van der Waals surface area (Å²) >= 11 is 0. The van der Waals surface area contributed by atoms with Gasteiger partial charge in [-0.1, -0.05) is 31.1 Å². The Morgan fingerprint density at radius 3 is 2.76 bits per heavy atom. The van der Waals surface area contributed by atoms with E-state index in [4.69, 9.17) is 9.26 Å². The first kappa shape index (κ1) is 17.5. The molecule has 1 aromatic carbocycles. The molecular weight excluding hydrogens is 318 g/mol. The molecule has 1 fully saturated rings. The fraction of sp³-hybridized carbons (Fsp3) is 0.526. The minimum absolute atomic E-state index is 0.141. The van der Waals surface area contributed by atoms with Gasteiger partial charge in [0, 0.05) is 25.3 Å². The number of rotatable bonds is 6. The maximum Gasteiger partial charge on any atom is 0.227 e. The molecule has 1 aromatic heterocycles. The van der Waals surface area contributed by atoms with E-state index < -0.39 is 0 Å². The van der Waals surface area contributed by atoms with Gasteiger partial charge in [-0.2, -0.15) is 4.98 Å². The molecule has 0 aliphatic carbocycles. The largest absolute Gasteiger partial charge is 0.497 e. The van der Waals surface area contributed by atoms with Gasteiger partial charge in [0.05, 0.1) is 13.2 Å². The van der Waals surface area contributed by atoms with E-state index in [-0.39, 0.29) is 17.9 Å². The second kappa shape index (κ2) is 7.68. The van der Waals surface area contributed by atoms with Crippen LogP contribution in [0.5, 0.6) is 5.75 Å². The van der Waals surface area contributed by atoms with Crippen molar-refractivity contribution >= 4 is 5.91 Å². The number of hydrogen-bond donors (Lipinski definition) is 0. The van der Waals surface area contributed by atoms with E-state index in [2.05, 4.69) is 10.1 Å². The van der Waals surface area contributed by atoms with Crippen LogP contribution in [0.3, 0.4) is 0 Å². The predicted molar refractivity (Wildman–Crippen MR) is 93.4 cm³/mol. The highest BCUT2D eigenvalue weighted by atomic mass is 16.5. The first-order valence-corrected chi connectivity index (χ1v) is 8.84. The molecule has 0 unspecified atom stereocenters. The van der Waals surface area contributed by atoms with Gasteiger partial charge >= 0.3 is 0 Å². The van der Waals surface area contributed by atoms with Crippen LogP contribution in [-0.4, -0.2) is 34.6 Å². The molecule has 6 heteroatoms. The Balaban J connectivity index is 1.61. The van der Waals surface area contributed by atoms with Gasteiger partial charge in [-0.05, 0) is 30.5 Å². The number of aryl methyl sites for hydroxylation is 1. The van der Waals surface area contributed by atoms with Crippen LogP contribution in [-0.2, 0) is 11.2 Å². The van der Waals surface area contributed by atoms with Gasteiger partial charge in [-0.25, -0.2) is 0 Å². The zero-order chi connectivity index (χ0) is 17.8. The number of aromatic nitrogens is 2. The molecule has 1 aliphatic heterocycles. The molecule has 134 valence electrons. The quantitative estimate of drug-likeness (QED) is 0.803. The molecule has 1 amide bonds. The van der Waals surface area contributed by atoms with E-state index in [0.29, 0.717) is 24.6 Å². The topological polar surface area (TPSA) is 68.5 Å². The Bertz CT molecular complexity index is 709.